The van der Waals surface area contributed by atoms with Gasteiger partial charge in [-0.25, -0.2) is 5.01 Å². The second-order valence-corrected chi connectivity index (χ2v) is 12.6. The number of thiophene rings is 1. The van der Waals surface area contributed by atoms with Crippen LogP contribution in [0.4, 0.5) is 0 Å². The molecule has 0 aliphatic carbocycles. The second kappa shape index (κ2) is 14.1. The summed E-state index contributed by atoms with van der Waals surface area (Å²) in [6.45, 7) is 2.00. The Hall–Kier alpha value is -4.45. The van der Waals surface area contributed by atoms with Gasteiger partial charge in [-0.1, -0.05) is 83.5 Å². The maximum atomic E-state index is 13.7. The van der Waals surface area contributed by atoms with Crippen molar-refractivity contribution in [3.8, 4) is 11.4 Å². The number of carbonyl (C=O) groups excluding carboxylic acids is 2. The number of nitrogens with one attached hydrogen (secondary N) is 1. The number of para-hydroxylation sites is 1. The van der Waals surface area contributed by atoms with Crippen LogP contribution in [0.2, 0.25) is 5.02 Å². The van der Waals surface area contributed by atoms with Gasteiger partial charge >= 0.3 is 0 Å². The Bertz CT molecular complexity index is 1810. The van der Waals surface area contributed by atoms with E-state index in [1.807, 2.05) is 54.8 Å². The summed E-state index contributed by atoms with van der Waals surface area (Å²) in [6.07, 6.45) is 0.635. The first-order chi connectivity index (χ1) is 21.9. The molecule has 1 aliphatic heterocycles. The zero-order valence-electron chi connectivity index (χ0n) is 24.3. The van der Waals surface area contributed by atoms with E-state index < -0.39 is 0 Å². The van der Waals surface area contributed by atoms with Gasteiger partial charge in [-0.2, -0.15) is 5.10 Å². The van der Waals surface area contributed by atoms with E-state index in [0.717, 1.165) is 21.7 Å². The van der Waals surface area contributed by atoms with Crippen LogP contribution in [0.25, 0.3) is 5.69 Å². The monoisotopic (exact) mass is 656 g/mol. The van der Waals surface area contributed by atoms with Crippen molar-refractivity contribution in [2.24, 2.45) is 5.10 Å². The van der Waals surface area contributed by atoms with Crippen molar-refractivity contribution >= 4 is 52.2 Å². The summed E-state index contributed by atoms with van der Waals surface area (Å²) in [7, 11) is 0. The molecule has 6 rings (SSSR count). The number of thioether (sulfide) groups is 1. The van der Waals surface area contributed by atoms with Crippen LogP contribution in [0.1, 0.15) is 34.3 Å². The lowest BCUT2D eigenvalue weighted by Gasteiger charge is -2.22. The molecule has 45 heavy (non-hydrogen) atoms. The molecular formula is C33H29ClN6O3S2. The van der Waals surface area contributed by atoms with Crippen LogP contribution in [-0.2, 0) is 16.1 Å². The topological polar surface area (TPSA) is 102 Å². The molecule has 1 aliphatic rings. The molecule has 0 spiro atoms. The number of rotatable bonds is 11. The van der Waals surface area contributed by atoms with E-state index in [4.69, 9.17) is 21.4 Å². The zero-order chi connectivity index (χ0) is 31.2. The molecule has 5 aromatic rings. The van der Waals surface area contributed by atoms with Gasteiger partial charge in [0.2, 0.25) is 0 Å². The molecule has 3 heterocycles. The van der Waals surface area contributed by atoms with Crippen molar-refractivity contribution in [3.05, 3.63) is 123 Å². The average Bonchev–Trinajstić information content (AvgIpc) is 3.83. The van der Waals surface area contributed by atoms with Gasteiger partial charge in [0.05, 0.1) is 34.6 Å². The Labute approximate surface area is 273 Å². The Morgan fingerprint density at radius 1 is 1.02 bits per heavy atom. The quantitative estimate of drug-likeness (QED) is 0.164. The lowest BCUT2D eigenvalue weighted by atomic mass is 10.00. The summed E-state index contributed by atoms with van der Waals surface area (Å²) >= 11 is 9.19. The van der Waals surface area contributed by atoms with E-state index in [2.05, 4.69) is 39.8 Å². The molecule has 9 nitrogen and oxygen atoms in total. The molecule has 0 saturated heterocycles. The van der Waals surface area contributed by atoms with Gasteiger partial charge < -0.3 is 10.1 Å². The molecule has 2 amide bonds. The fraction of sp³-hybridized carbons (Fsp3) is 0.182. The number of benzene rings is 3. The van der Waals surface area contributed by atoms with E-state index >= 15 is 0 Å². The van der Waals surface area contributed by atoms with E-state index in [9.17, 15) is 9.59 Å². The van der Waals surface area contributed by atoms with Crippen LogP contribution in [0.3, 0.4) is 0 Å². The number of aryl methyl sites for hydroxylation is 1. The molecule has 12 heteroatoms. The number of hydrogen-bond acceptors (Lipinski definition) is 8. The first kappa shape index (κ1) is 30.6. The molecule has 1 atom stereocenters. The van der Waals surface area contributed by atoms with Crippen molar-refractivity contribution in [1.29, 1.82) is 0 Å². The summed E-state index contributed by atoms with van der Waals surface area (Å²) in [6, 6.07) is 28.4. The Morgan fingerprint density at radius 3 is 2.60 bits per heavy atom. The van der Waals surface area contributed by atoms with Gasteiger partial charge in [-0.3, -0.25) is 14.2 Å². The van der Waals surface area contributed by atoms with Crippen molar-refractivity contribution in [2.45, 2.75) is 31.1 Å². The van der Waals surface area contributed by atoms with Crippen LogP contribution in [0, 0.1) is 6.92 Å². The highest BCUT2D eigenvalue weighted by Crippen LogP contribution is 2.35. The molecule has 1 N–H and O–H groups in total. The molecule has 0 unspecified atom stereocenters. The Morgan fingerprint density at radius 2 is 1.84 bits per heavy atom. The highest BCUT2D eigenvalue weighted by atomic mass is 35.5. The third kappa shape index (κ3) is 7.44. The Balaban J connectivity index is 1.19. The smallest absolute Gasteiger partial charge is 0.258 e. The van der Waals surface area contributed by atoms with Gasteiger partial charge in [0.15, 0.2) is 17.6 Å². The maximum Gasteiger partial charge on any atom is 0.258 e. The van der Waals surface area contributed by atoms with E-state index in [1.165, 1.54) is 11.8 Å². The molecule has 228 valence electrons. The van der Waals surface area contributed by atoms with Gasteiger partial charge in [-0.15, -0.1) is 21.5 Å². The second-order valence-electron chi connectivity index (χ2n) is 10.3. The largest absolute Gasteiger partial charge is 0.484 e. The van der Waals surface area contributed by atoms with Crippen molar-refractivity contribution in [2.75, 3.05) is 12.4 Å². The van der Waals surface area contributed by atoms with Crippen LogP contribution >= 0.6 is 34.7 Å². The number of hydrogen-bond donors (Lipinski definition) is 1. The normalized spacial score (nSPS) is 14.3. The van der Waals surface area contributed by atoms with Crippen molar-refractivity contribution < 1.29 is 14.3 Å². The van der Waals surface area contributed by atoms with Crippen molar-refractivity contribution in [1.82, 2.24) is 25.1 Å². The molecule has 0 saturated carbocycles. The van der Waals surface area contributed by atoms with Gasteiger partial charge in [-0.05, 0) is 54.3 Å². The fourth-order valence-electron chi connectivity index (χ4n) is 4.85. The number of hydrazone groups is 1. The number of ether oxygens (including phenoxy) is 1. The standard InChI is InChI=1S/C33H29ClN6O3S2/c1-22-12-14-23(15-13-22)28-18-27(29-11-6-16-44-29)38-40(28)32(42)21-45-33-37-36-30(39(33)25-8-5-7-24(34)17-25)19-35-31(41)20-43-26-9-3-2-4-10-26/h2-17,28H,18-21H2,1H3,(H,35,41)/t28-/m1/s1. The number of halogens is 1. The summed E-state index contributed by atoms with van der Waals surface area (Å²) in [5.74, 6) is 0.717. The lowest BCUT2D eigenvalue weighted by Crippen LogP contribution is -2.29. The van der Waals surface area contributed by atoms with Gasteiger partial charge in [0.25, 0.3) is 11.8 Å². The van der Waals surface area contributed by atoms with Crippen molar-refractivity contribution in [3.63, 3.8) is 0 Å². The predicted octanol–water partition coefficient (Wildman–Crippen LogP) is 6.46. The highest BCUT2D eigenvalue weighted by molar-refractivity contribution is 7.99. The van der Waals surface area contributed by atoms with Crippen LogP contribution in [-0.4, -0.2) is 49.7 Å². The van der Waals surface area contributed by atoms with E-state index in [-0.39, 0.29) is 36.8 Å². The lowest BCUT2D eigenvalue weighted by molar-refractivity contribution is -0.130. The van der Waals surface area contributed by atoms with Crippen LogP contribution in [0.5, 0.6) is 5.75 Å². The Kier molecular flexibility index (Phi) is 9.58. The fourth-order valence-corrected chi connectivity index (χ4v) is 6.58. The zero-order valence-corrected chi connectivity index (χ0v) is 26.7. The molecule has 3 aromatic carbocycles. The summed E-state index contributed by atoms with van der Waals surface area (Å²) in [5.41, 5.74) is 3.79. The minimum Gasteiger partial charge on any atom is -0.484 e. The minimum absolute atomic E-state index is 0.0829. The number of aromatic nitrogens is 3. The van der Waals surface area contributed by atoms with Gasteiger partial charge in [0, 0.05) is 11.4 Å². The average molecular weight is 657 g/mol. The first-order valence-electron chi connectivity index (χ1n) is 14.2. The molecular weight excluding hydrogens is 628 g/mol. The van der Waals surface area contributed by atoms with Crippen LogP contribution < -0.4 is 10.1 Å². The third-order valence-electron chi connectivity index (χ3n) is 7.08. The van der Waals surface area contributed by atoms with E-state index in [0.29, 0.717) is 33.9 Å². The maximum absolute atomic E-state index is 13.7. The summed E-state index contributed by atoms with van der Waals surface area (Å²) < 4.78 is 7.35. The molecule has 0 bridgehead atoms. The molecule has 0 radical (unpaired) electrons. The number of amides is 2. The minimum atomic E-state index is -0.306. The molecule has 0 fully saturated rings. The number of nitrogens with zero attached hydrogens (tertiary/aromatic N) is 5. The SMILES string of the molecule is Cc1ccc([C@H]2CC(c3cccs3)=NN2C(=O)CSc2nnc(CNC(=O)COc3ccccc3)n2-c2cccc(Cl)c2)cc1. The molecule has 2 aromatic heterocycles. The number of carbonyl (C=O) groups is 2. The first-order valence-corrected chi connectivity index (χ1v) is 16.5. The van der Waals surface area contributed by atoms with E-state index in [1.54, 1.807) is 45.2 Å². The summed E-state index contributed by atoms with van der Waals surface area (Å²) in [5, 5.41) is 21.0. The van der Waals surface area contributed by atoms with Gasteiger partial charge in [0.1, 0.15) is 5.75 Å². The third-order valence-corrected chi connectivity index (χ3v) is 9.15. The van der Waals surface area contributed by atoms with Crippen LogP contribution in [0.15, 0.2) is 107 Å². The highest BCUT2D eigenvalue weighted by Gasteiger charge is 2.33. The predicted molar refractivity (Wildman–Crippen MR) is 177 cm³/mol. The summed E-state index contributed by atoms with van der Waals surface area (Å²) in [4.78, 5) is 27.4.